The van der Waals surface area contributed by atoms with Crippen LogP contribution in [0, 0.1) is 0 Å². The Morgan fingerprint density at radius 1 is 1.40 bits per heavy atom. The third kappa shape index (κ3) is 1.46. The lowest BCUT2D eigenvalue weighted by molar-refractivity contribution is 1.02. The number of aromatic nitrogens is 2. The molecule has 1 heterocycles. The summed E-state index contributed by atoms with van der Waals surface area (Å²) in [6.45, 7) is 3.50. The number of nitrogens with zero attached hydrogens (tertiary/aromatic N) is 2. The van der Waals surface area contributed by atoms with Crippen LogP contribution in [-0.2, 0) is 0 Å². The van der Waals surface area contributed by atoms with Gasteiger partial charge in [0.2, 0.25) is 0 Å². The van der Waals surface area contributed by atoms with Crippen LogP contribution >= 0.6 is 23.2 Å². The van der Waals surface area contributed by atoms with Crippen LogP contribution in [0.25, 0.3) is 6.08 Å². The fourth-order valence-corrected chi connectivity index (χ4v) is 0.709. The summed E-state index contributed by atoms with van der Waals surface area (Å²) >= 11 is 11.1. The molecule has 0 aromatic carbocycles. The smallest absolute Gasteiger partial charge is 0.150 e. The zero-order chi connectivity index (χ0) is 7.56. The van der Waals surface area contributed by atoms with Gasteiger partial charge in [-0.15, -0.1) is 10.2 Å². The highest BCUT2D eigenvalue weighted by Gasteiger charge is 1.98. The Kier molecular flexibility index (Phi) is 2.25. The molecule has 0 spiro atoms. The Morgan fingerprint density at radius 2 is 2.10 bits per heavy atom. The predicted molar refractivity (Wildman–Crippen MR) is 42.1 cm³/mol. The topological polar surface area (TPSA) is 25.8 Å². The highest BCUT2D eigenvalue weighted by Crippen LogP contribution is 2.18. The van der Waals surface area contributed by atoms with Crippen LogP contribution in [0.15, 0.2) is 12.6 Å². The Balaban J connectivity index is 3.16. The SMILES string of the molecule is C=Cc1cc(Cl)c(Cl)nn1. The standard InChI is InChI=1S/C6H4Cl2N2/c1-2-4-3-5(7)6(8)10-9-4/h2-3H,1H2. The van der Waals surface area contributed by atoms with Crippen LogP contribution in [0.5, 0.6) is 0 Å². The summed E-state index contributed by atoms with van der Waals surface area (Å²) in [5.74, 6) is 0. The first-order valence-corrected chi connectivity index (χ1v) is 3.31. The second kappa shape index (κ2) is 2.99. The van der Waals surface area contributed by atoms with Crippen LogP contribution < -0.4 is 0 Å². The lowest BCUT2D eigenvalue weighted by atomic mass is 10.4. The highest BCUT2D eigenvalue weighted by molar-refractivity contribution is 6.41. The molecule has 0 aliphatic carbocycles. The molecule has 0 aliphatic rings. The van der Waals surface area contributed by atoms with Gasteiger partial charge in [0.1, 0.15) is 0 Å². The van der Waals surface area contributed by atoms with Crippen LogP contribution in [0.1, 0.15) is 5.69 Å². The normalized spacial score (nSPS) is 9.40. The Bertz CT molecular complexity index is 260. The molecule has 1 rings (SSSR count). The molecule has 0 fully saturated rings. The van der Waals surface area contributed by atoms with Crippen molar-refractivity contribution >= 4 is 29.3 Å². The van der Waals surface area contributed by atoms with Crippen molar-refractivity contribution in [2.75, 3.05) is 0 Å². The quantitative estimate of drug-likeness (QED) is 0.654. The van der Waals surface area contributed by atoms with E-state index in [1.807, 2.05) is 0 Å². The van der Waals surface area contributed by atoms with Gasteiger partial charge in [-0.2, -0.15) is 0 Å². The van der Waals surface area contributed by atoms with Crippen molar-refractivity contribution in [2.45, 2.75) is 0 Å². The van der Waals surface area contributed by atoms with Gasteiger partial charge in [-0.05, 0) is 12.1 Å². The zero-order valence-electron chi connectivity index (χ0n) is 5.01. The molecule has 0 atom stereocenters. The third-order valence-electron chi connectivity index (χ3n) is 0.934. The van der Waals surface area contributed by atoms with Gasteiger partial charge in [-0.25, -0.2) is 0 Å². The molecule has 0 N–H and O–H groups in total. The van der Waals surface area contributed by atoms with E-state index in [9.17, 15) is 0 Å². The van der Waals surface area contributed by atoms with Gasteiger partial charge >= 0.3 is 0 Å². The van der Waals surface area contributed by atoms with Gasteiger partial charge in [0.05, 0.1) is 10.7 Å². The van der Waals surface area contributed by atoms with E-state index < -0.39 is 0 Å². The molecule has 0 unspecified atom stereocenters. The second-order valence-corrected chi connectivity index (χ2v) is 2.38. The molecular formula is C6H4Cl2N2. The van der Waals surface area contributed by atoms with Crippen molar-refractivity contribution in [2.24, 2.45) is 0 Å². The van der Waals surface area contributed by atoms with E-state index in [-0.39, 0.29) is 5.15 Å². The van der Waals surface area contributed by atoms with Crippen molar-refractivity contribution in [3.8, 4) is 0 Å². The van der Waals surface area contributed by atoms with Gasteiger partial charge < -0.3 is 0 Å². The molecule has 0 radical (unpaired) electrons. The average molecular weight is 175 g/mol. The van der Waals surface area contributed by atoms with Crippen molar-refractivity contribution < 1.29 is 0 Å². The summed E-state index contributed by atoms with van der Waals surface area (Å²) in [5, 5.41) is 7.84. The van der Waals surface area contributed by atoms with Gasteiger partial charge in [-0.1, -0.05) is 29.8 Å². The van der Waals surface area contributed by atoms with Crippen molar-refractivity contribution in [3.63, 3.8) is 0 Å². The number of halogens is 2. The van der Waals surface area contributed by atoms with E-state index in [0.29, 0.717) is 10.7 Å². The minimum atomic E-state index is 0.215. The summed E-state index contributed by atoms with van der Waals surface area (Å²) in [4.78, 5) is 0. The van der Waals surface area contributed by atoms with E-state index in [0.717, 1.165) is 0 Å². The second-order valence-electron chi connectivity index (χ2n) is 1.61. The molecule has 2 nitrogen and oxygen atoms in total. The first kappa shape index (κ1) is 7.51. The minimum Gasteiger partial charge on any atom is -0.150 e. The Hall–Kier alpha value is -0.600. The summed E-state index contributed by atoms with van der Waals surface area (Å²) in [7, 11) is 0. The number of hydrogen-bond donors (Lipinski definition) is 0. The van der Waals surface area contributed by atoms with Crippen molar-refractivity contribution in [3.05, 3.63) is 28.5 Å². The van der Waals surface area contributed by atoms with Gasteiger partial charge in [-0.3, -0.25) is 0 Å². The van der Waals surface area contributed by atoms with E-state index in [1.54, 1.807) is 12.1 Å². The van der Waals surface area contributed by atoms with Crippen LogP contribution in [0.2, 0.25) is 10.2 Å². The van der Waals surface area contributed by atoms with Gasteiger partial charge in [0.15, 0.2) is 5.15 Å². The lowest BCUT2D eigenvalue weighted by Gasteiger charge is -1.92. The summed E-state index contributed by atoms with van der Waals surface area (Å²) in [6.07, 6.45) is 1.55. The minimum absolute atomic E-state index is 0.215. The summed E-state index contributed by atoms with van der Waals surface area (Å²) in [5.41, 5.74) is 0.620. The molecule has 0 aliphatic heterocycles. The van der Waals surface area contributed by atoms with E-state index in [1.165, 1.54) is 0 Å². The van der Waals surface area contributed by atoms with Crippen molar-refractivity contribution in [1.82, 2.24) is 10.2 Å². The average Bonchev–Trinajstić information content (AvgIpc) is 1.95. The fraction of sp³-hybridized carbons (Fsp3) is 0. The fourth-order valence-electron chi connectivity index (χ4n) is 0.467. The first-order valence-electron chi connectivity index (χ1n) is 2.55. The molecule has 10 heavy (non-hydrogen) atoms. The predicted octanol–water partition coefficient (Wildman–Crippen LogP) is 2.43. The third-order valence-corrected chi connectivity index (χ3v) is 1.60. The first-order chi connectivity index (χ1) is 4.74. The molecule has 4 heteroatoms. The Morgan fingerprint density at radius 3 is 2.60 bits per heavy atom. The van der Waals surface area contributed by atoms with Gasteiger partial charge in [0, 0.05) is 0 Å². The molecule has 1 aromatic rings. The maximum absolute atomic E-state index is 5.61. The molecule has 1 aromatic heterocycles. The molecule has 52 valence electrons. The highest BCUT2D eigenvalue weighted by atomic mass is 35.5. The zero-order valence-corrected chi connectivity index (χ0v) is 6.52. The molecule has 0 saturated carbocycles. The molecule has 0 amide bonds. The van der Waals surface area contributed by atoms with Crippen molar-refractivity contribution in [1.29, 1.82) is 0 Å². The lowest BCUT2D eigenvalue weighted by Crippen LogP contribution is -1.85. The maximum atomic E-state index is 5.61. The van der Waals surface area contributed by atoms with E-state index >= 15 is 0 Å². The van der Waals surface area contributed by atoms with Crippen LogP contribution in [-0.4, -0.2) is 10.2 Å². The summed E-state index contributed by atoms with van der Waals surface area (Å²) < 4.78 is 0. The molecule has 0 bridgehead atoms. The van der Waals surface area contributed by atoms with E-state index in [2.05, 4.69) is 16.8 Å². The largest absolute Gasteiger partial charge is 0.170 e. The number of hydrogen-bond acceptors (Lipinski definition) is 2. The molecular weight excluding hydrogens is 171 g/mol. The molecule has 0 saturated heterocycles. The Labute approximate surface area is 68.5 Å². The van der Waals surface area contributed by atoms with Crippen LogP contribution in [0.3, 0.4) is 0 Å². The number of rotatable bonds is 1. The van der Waals surface area contributed by atoms with E-state index in [4.69, 9.17) is 23.2 Å². The summed E-state index contributed by atoms with van der Waals surface area (Å²) in [6, 6.07) is 1.60. The van der Waals surface area contributed by atoms with Crippen LogP contribution in [0.4, 0.5) is 0 Å². The van der Waals surface area contributed by atoms with Gasteiger partial charge in [0.25, 0.3) is 0 Å². The maximum Gasteiger partial charge on any atom is 0.170 e. The monoisotopic (exact) mass is 174 g/mol.